The van der Waals surface area contributed by atoms with Crippen molar-refractivity contribution >= 4 is 16.7 Å². The number of hydrogen-bond donors (Lipinski definition) is 2. The molecule has 4 aromatic rings. The molecule has 194 valence electrons. The van der Waals surface area contributed by atoms with Gasteiger partial charge in [0.15, 0.2) is 11.5 Å². The number of ketones is 1. The van der Waals surface area contributed by atoms with Crippen molar-refractivity contribution in [1.82, 2.24) is 9.97 Å². The molecule has 0 saturated carbocycles. The number of nitrogens with zero attached hydrogens (tertiary/aromatic N) is 2. The van der Waals surface area contributed by atoms with Crippen molar-refractivity contribution in [2.75, 3.05) is 21.3 Å². The van der Waals surface area contributed by atoms with E-state index in [4.69, 9.17) is 19.9 Å². The molecule has 0 fully saturated rings. The fourth-order valence-corrected chi connectivity index (χ4v) is 3.33. The Hall–Kier alpha value is -4.05. The Kier molecular flexibility index (Phi) is 13.9. The van der Waals surface area contributed by atoms with Crippen LogP contribution >= 0.6 is 0 Å². The van der Waals surface area contributed by atoms with E-state index in [-0.39, 0.29) is 5.78 Å². The summed E-state index contributed by atoms with van der Waals surface area (Å²) in [7, 11) is 3.55. The highest BCUT2D eigenvalue weighted by molar-refractivity contribution is 6.10. The maximum Gasteiger partial charge on any atom is 0.164 e. The predicted octanol–water partition coefficient (Wildman–Crippen LogP) is 5.85. The van der Waals surface area contributed by atoms with E-state index in [0.717, 1.165) is 30.9 Å². The summed E-state index contributed by atoms with van der Waals surface area (Å²) in [5.41, 5.74) is 5.76. The van der Waals surface area contributed by atoms with E-state index < -0.39 is 0 Å². The number of aromatic nitrogens is 2. The lowest BCUT2D eigenvalue weighted by Gasteiger charge is -2.14. The molecule has 0 aliphatic rings. The van der Waals surface area contributed by atoms with Gasteiger partial charge in [-0.15, -0.1) is 0 Å². The first kappa shape index (κ1) is 31.0. The molecule has 6 heteroatoms. The number of hydrogen-bond acceptors (Lipinski definition) is 6. The summed E-state index contributed by atoms with van der Waals surface area (Å²) in [4.78, 5) is 21.2. The van der Waals surface area contributed by atoms with Crippen molar-refractivity contribution in [3.63, 3.8) is 0 Å². The SMILES string of the molecule is CCC.CO.CO.COc1c(-c2ccc(C#Cc3ccc(C)cc3)cc2)nc2ccncc2c1C(C)=O. The van der Waals surface area contributed by atoms with Gasteiger partial charge in [0.1, 0.15) is 5.69 Å². The minimum atomic E-state index is -0.0888. The fraction of sp³-hybridized carbons (Fsp3) is 0.258. The summed E-state index contributed by atoms with van der Waals surface area (Å²) in [5, 5.41) is 14.7. The van der Waals surface area contributed by atoms with E-state index in [0.29, 0.717) is 27.9 Å². The van der Waals surface area contributed by atoms with Crippen LogP contribution in [0, 0.1) is 18.8 Å². The van der Waals surface area contributed by atoms with Gasteiger partial charge in [0.25, 0.3) is 0 Å². The second-order valence-electron chi connectivity index (χ2n) is 7.72. The average molecular weight is 501 g/mol. The number of Topliss-reactive ketones (excluding diaryl/α,β-unsaturated/α-hetero) is 1. The Morgan fingerprint density at radius 1 is 0.892 bits per heavy atom. The Morgan fingerprint density at radius 2 is 1.41 bits per heavy atom. The maximum absolute atomic E-state index is 12.4. The summed E-state index contributed by atoms with van der Waals surface area (Å²) in [6, 6.07) is 17.7. The van der Waals surface area contributed by atoms with Gasteiger partial charge in [-0.25, -0.2) is 4.98 Å². The molecule has 2 N–H and O–H groups in total. The number of carbonyl (C=O) groups is 1. The van der Waals surface area contributed by atoms with E-state index in [2.05, 4.69) is 37.6 Å². The molecule has 0 aliphatic heterocycles. The Labute approximate surface area is 220 Å². The molecule has 0 amide bonds. The highest BCUT2D eigenvalue weighted by Crippen LogP contribution is 2.36. The zero-order chi connectivity index (χ0) is 27.8. The van der Waals surface area contributed by atoms with Crippen LogP contribution in [-0.4, -0.2) is 47.3 Å². The van der Waals surface area contributed by atoms with Crippen LogP contribution < -0.4 is 4.74 Å². The lowest BCUT2D eigenvalue weighted by Crippen LogP contribution is -2.03. The number of aryl methyl sites for hydroxylation is 1. The second kappa shape index (κ2) is 16.6. The topological polar surface area (TPSA) is 92.5 Å². The molecule has 4 rings (SSSR count). The number of rotatable bonds is 3. The summed E-state index contributed by atoms with van der Waals surface area (Å²) in [6.45, 7) is 7.83. The number of ether oxygens (including phenoxy) is 1. The summed E-state index contributed by atoms with van der Waals surface area (Å²) in [6.07, 6.45) is 4.56. The van der Waals surface area contributed by atoms with Crippen LogP contribution in [0.1, 0.15) is 54.2 Å². The Balaban J connectivity index is 0.000000894. The molecule has 0 aliphatic carbocycles. The van der Waals surface area contributed by atoms with Crippen LogP contribution in [0.15, 0.2) is 67.0 Å². The number of carbonyl (C=O) groups excluding carboxylic acids is 1. The monoisotopic (exact) mass is 500 g/mol. The second-order valence-corrected chi connectivity index (χ2v) is 7.72. The molecule has 2 aromatic heterocycles. The number of benzene rings is 2. The molecule has 0 saturated heterocycles. The number of aliphatic hydroxyl groups excluding tert-OH is 2. The van der Waals surface area contributed by atoms with Crippen LogP contribution in [0.4, 0.5) is 0 Å². The predicted molar refractivity (Wildman–Crippen MR) is 151 cm³/mol. The maximum atomic E-state index is 12.4. The third-order valence-electron chi connectivity index (χ3n) is 4.86. The normalized spacial score (nSPS) is 9.22. The van der Waals surface area contributed by atoms with Gasteiger partial charge in [-0.05, 0) is 44.2 Å². The van der Waals surface area contributed by atoms with Gasteiger partial charge in [0.2, 0.25) is 0 Å². The van der Waals surface area contributed by atoms with E-state index in [1.807, 2.05) is 48.5 Å². The van der Waals surface area contributed by atoms with Crippen LogP contribution in [0.25, 0.3) is 22.2 Å². The fourth-order valence-electron chi connectivity index (χ4n) is 3.33. The molecular formula is C31H36N2O4. The first-order chi connectivity index (χ1) is 18.0. The summed E-state index contributed by atoms with van der Waals surface area (Å²) in [5.74, 6) is 6.73. The zero-order valence-corrected chi connectivity index (χ0v) is 22.7. The van der Waals surface area contributed by atoms with Crippen LogP contribution in [0.2, 0.25) is 0 Å². The largest absolute Gasteiger partial charge is 0.494 e. The molecule has 37 heavy (non-hydrogen) atoms. The summed E-state index contributed by atoms with van der Waals surface area (Å²) >= 11 is 0. The number of fused-ring (bicyclic) bond motifs is 1. The van der Waals surface area contributed by atoms with Crippen molar-refractivity contribution in [1.29, 1.82) is 0 Å². The van der Waals surface area contributed by atoms with Gasteiger partial charge in [0.05, 0.1) is 18.2 Å². The third kappa shape index (κ3) is 8.53. The van der Waals surface area contributed by atoms with Gasteiger partial charge < -0.3 is 14.9 Å². The quantitative estimate of drug-likeness (QED) is 0.271. The van der Waals surface area contributed by atoms with Crippen LogP contribution in [0.3, 0.4) is 0 Å². The van der Waals surface area contributed by atoms with Crippen molar-refractivity contribution in [2.24, 2.45) is 0 Å². The molecule has 2 aromatic carbocycles. The minimum Gasteiger partial charge on any atom is -0.494 e. The lowest BCUT2D eigenvalue weighted by atomic mass is 10.0. The van der Waals surface area contributed by atoms with Crippen LogP contribution in [-0.2, 0) is 0 Å². The highest BCUT2D eigenvalue weighted by Gasteiger charge is 2.20. The van der Waals surface area contributed by atoms with Crippen LogP contribution in [0.5, 0.6) is 5.75 Å². The highest BCUT2D eigenvalue weighted by atomic mass is 16.5. The third-order valence-corrected chi connectivity index (χ3v) is 4.86. The van der Waals surface area contributed by atoms with Gasteiger partial charge in [-0.3, -0.25) is 9.78 Å². The molecule has 0 bridgehead atoms. The zero-order valence-electron chi connectivity index (χ0n) is 22.7. The first-order valence-corrected chi connectivity index (χ1v) is 11.9. The van der Waals surface area contributed by atoms with E-state index in [1.54, 1.807) is 25.6 Å². The number of pyridine rings is 2. The number of methoxy groups -OCH3 is 1. The van der Waals surface area contributed by atoms with Gasteiger partial charge >= 0.3 is 0 Å². The first-order valence-electron chi connectivity index (χ1n) is 11.9. The molecule has 0 atom stereocenters. The summed E-state index contributed by atoms with van der Waals surface area (Å²) < 4.78 is 5.61. The van der Waals surface area contributed by atoms with E-state index in [9.17, 15) is 4.79 Å². The van der Waals surface area contributed by atoms with E-state index >= 15 is 0 Å². The molecular weight excluding hydrogens is 464 g/mol. The van der Waals surface area contributed by atoms with Gasteiger partial charge in [-0.2, -0.15) is 0 Å². The molecule has 6 nitrogen and oxygen atoms in total. The van der Waals surface area contributed by atoms with Crippen molar-refractivity contribution in [3.05, 3.63) is 89.2 Å². The van der Waals surface area contributed by atoms with Gasteiger partial charge in [0, 0.05) is 48.7 Å². The Morgan fingerprint density at radius 3 is 1.89 bits per heavy atom. The lowest BCUT2D eigenvalue weighted by molar-refractivity contribution is 0.101. The van der Waals surface area contributed by atoms with Crippen molar-refractivity contribution < 1.29 is 19.7 Å². The minimum absolute atomic E-state index is 0.0888. The molecule has 2 heterocycles. The van der Waals surface area contributed by atoms with Crippen molar-refractivity contribution in [2.45, 2.75) is 34.1 Å². The average Bonchev–Trinajstić information content (AvgIpc) is 2.94. The standard InChI is InChI=1S/C26H20N2O2.C3H8.2CH4O/c1-17-4-6-19(7-5-17)8-9-20-10-12-21(13-11-20)25-26(30-3)24(18(2)29)22-16-27-15-14-23(22)28-25;1-3-2;2*1-2/h4-7,10-16H,1-3H3;3H2,1-2H3;2*2H,1H3. The van der Waals surface area contributed by atoms with Gasteiger partial charge in [-0.1, -0.05) is 61.9 Å². The van der Waals surface area contributed by atoms with Crippen molar-refractivity contribution in [3.8, 4) is 28.8 Å². The molecule has 0 spiro atoms. The van der Waals surface area contributed by atoms with E-state index in [1.165, 1.54) is 18.9 Å². The smallest absolute Gasteiger partial charge is 0.164 e. The Bertz CT molecular complexity index is 1320. The molecule has 0 unspecified atom stereocenters. The molecule has 0 radical (unpaired) electrons. The number of aliphatic hydroxyl groups is 2.